The minimum absolute atomic E-state index is 0.201. The molecule has 1 atom stereocenters. The summed E-state index contributed by atoms with van der Waals surface area (Å²) in [4.78, 5) is 21.5. The number of hydrogen-bond donors (Lipinski definition) is 1. The first-order chi connectivity index (χ1) is 13.6. The van der Waals surface area contributed by atoms with Gasteiger partial charge in [-0.25, -0.2) is 0 Å². The summed E-state index contributed by atoms with van der Waals surface area (Å²) in [6, 6.07) is 13.5. The maximum Gasteiger partial charge on any atom is 0.222 e. The topological polar surface area (TPSA) is 56.7 Å². The van der Waals surface area contributed by atoms with Gasteiger partial charge in [-0.2, -0.15) is 0 Å². The Morgan fingerprint density at radius 1 is 1.11 bits per heavy atom. The Balaban J connectivity index is 1.39. The van der Waals surface area contributed by atoms with E-state index in [0.717, 1.165) is 56.8 Å². The molecular formula is C23H29N3O2. The monoisotopic (exact) mass is 379 g/mol. The third-order valence-corrected chi connectivity index (χ3v) is 6.17. The number of piperidine rings is 2. The van der Waals surface area contributed by atoms with Gasteiger partial charge in [-0.15, -0.1) is 0 Å². The lowest BCUT2D eigenvalue weighted by Crippen LogP contribution is -2.54. The normalized spacial score (nSPS) is 23.3. The van der Waals surface area contributed by atoms with Crippen molar-refractivity contribution in [3.63, 3.8) is 0 Å². The number of pyridine rings is 1. The summed E-state index contributed by atoms with van der Waals surface area (Å²) in [5.41, 5.74) is 2.40. The van der Waals surface area contributed by atoms with Crippen molar-refractivity contribution in [3.05, 3.63) is 59.9 Å². The van der Waals surface area contributed by atoms with Crippen molar-refractivity contribution in [1.82, 2.24) is 14.8 Å². The number of hydrogen-bond acceptors (Lipinski definition) is 4. The van der Waals surface area contributed by atoms with Crippen LogP contribution >= 0.6 is 0 Å². The van der Waals surface area contributed by atoms with Gasteiger partial charge in [0, 0.05) is 56.3 Å². The molecule has 0 unspecified atom stereocenters. The molecule has 1 aromatic carbocycles. The molecule has 2 fully saturated rings. The van der Waals surface area contributed by atoms with Crippen LogP contribution in [0.15, 0.2) is 48.7 Å². The third kappa shape index (κ3) is 4.53. The minimum Gasteiger partial charge on any atom is -0.508 e. The Labute approximate surface area is 167 Å². The van der Waals surface area contributed by atoms with Crippen LogP contribution in [0.2, 0.25) is 0 Å². The lowest BCUT2D eigenvalue weighted by molar-refractivity contribution is -0.139. The number of nitrogens with zero attached hydrogens (tertiary/aromatic N) is 3. The number of likely N-dealkylation sites (tertiary alicyclic amines) is 2. The number of rotatable bonds is 5. The van der Waals surface area contributed by atoms with Gasteiger partial charge >= 0.3 is 0 Å². The molecule has 0 radical (unpaired) electrons. The van der Waals surface area contributed by atoms with Gasteiger partial charge in [0.1, 0.15) is 5.75 Å². The lowest BCUT2D eigenvalue weighted by Gasteiger charge is -2.48. The van der Waals surface area contributed by atoms with E-state index in [0.29, 0.717) is 12.2 Å². The lowest BCUT2D eigenvalue weighted by atomic mass is 9.73. The Hall–Kier alpha value is -2.40. The first kappa shape index (κ1) is 18.9. The summed E-state index contributed by atoms with van der Waals surface area (Å²) in [7, 11) is 0. The minimum atomic E-state index is 0.201. The van der Waals surface area contributed by atoms with Crippen molar-refractivity contribution in [2.24, 2.45) is 5.41 Å². The van der Waals surface area contributed by atoms with E-state index in [2.05, 4.69) is 20.9 Å². The molecule has 0 saturated carbocycles. The number of aromatic nitrogens is 1. The maximum atomic E-state index is 12.5. The standard InChI is InChI=1S/C23H29N3O2/c27-21-7-3-5-19(15-21)16-25-13-4-10-23(17-25)11-8-22(28)26(18-23)14-9-20-6-1-2-12-24-20/h1-3,5-7,12,15,27H,4,8-11,13-14,16-18H2/t23-/m0/s1. The highest BCUT2D eigenvalue weighted by molar-refractivity contribution is 5.77. The smallest absolute Gasteiger partial charge is 0.222 e. The summed E-state index contributed by atoms with van der Waals surface area (Å²) in [6.45, 7) is 4.58. The van der Waals surface area contributed by atoms with Crippen LogP contribution in [0, 0.1) is 5.41 Å². The number of benzene rings is 1. The van der Waals surface area contributed by atoms with E-state index < -0.39 is 0 Å². The highest BCUT2D eigenvalue weighted by atomic mass is 16.3. The van der Waals surface area contributed by atoms with E-state index in [-0.39, 0.29) is 11.3 Å². The summed E-state index contributed by atoms with van der Waals surface area (Å²) in [6.07, 6.45) is 6.63. The number of carbonyl (C=O) groups excluding carboxylic acids is 1. The molecule has 1 N–H and O–H groups in total. The number of amides is 1. The molecule has 2 aliphatic heterocycles. The zero-order valence-corrected chi connectivity index (χ0v) is 16.4. The van der Waals surface area contributed by atoms with Crippen LogP contribution in [-0.4, -0.2) is 52.0 Å². The molecule has 3 heterocycles. The van der Waals surface area contributed by atoms with Crippen LogP contribution in [-0.2, 0) is 17.8 Å². The van der Waals surface area contributed by atoms with E-state index in [9.17, 15) is 9.90 Å². The Morgan fingerprint density at radius 2 is 2.04 bits per heavy atom. The van der Waals surface area contributed by atoms with Gasteiger partial charge < -0.3 is 10.0 Å². The molecule has 2 saturated heterocycles. The third-order valence-electron chi connectivity index (χ3n) is 6.17. The average Bonchev–Trinajstić information content (AvgIpc) is 2.70. The van der Waals surface area contributed by atoms with Crippen molar-refractivity contribution in [3.8, 4) is 5.75 Å². The number of aromatic hydroxyl groups is 1. The van der Waals surface area contributed by atoms with Crippen LogP contribution in [0.1, 0.15) is 36.9 Å². The Morgan fingerprint density at radius 3 is 2.86 bits per heavy atom. The predicted molar refractivity (Wildman–Crippen MR) is 109 cm³/mol. The van der Waals surface area contributed by atoms with Crippen molar-refractivity contribution in [2.75, 3.05) is 26.2 Å². The van der Waals surface area contributed by atoms with Gasteiger partial charge in [0.2, 0.25) is 5.91 Å². The fraction of sp³-hybridized carbons (Fsp3) is 0.478. The van der Waals surface area contributed by atoms with Crippen LogP contribution in [0.5, 0.6) is 5.75 Å². The molecule has 1 aromatic heterocycles. The Bertz CT molecular complexity index is 811. The molecule has 0 bridgehead atoms. The highest BCUT2D eigenvalue weighted by Crippen LogP contribution is 2.39. The molecule has 148 valence electrons. The molecule has 5 heteroatoms. The molecule has 1 amide bonds. The molecule has 4 rings (SSSR count). The maximum absolute atomic E-state index is 12.5. The van der Waals surface area contributed by atoms with Crippen LogP contribution in [0.4, 0.5) is 0 Å². The van der Waals surface area contributed by atoms with Gasteiger partial charge in [-0.05, 0) is 55.6 Å². The van der Waals surface area contributed by atoms with E-state index in [1.54, 1.807) is 6.07 Å². The van der Waals surface area contributed by atoms with E-state index in [1.165, 1.54) is 12.8 Å². The largest absolute Gasteiger partial charge is 0.508 e. The van der Waals surface area contributed by atoms with Crippen molar-refractivity contribution in [2.45, 2.75) is 38.6 Å². The van der Waals surface area contributed by atoms with Crippen molar-refractivity contribution in [1.29, 1.82) is 0 Å². The van der Waals surface area contributed by atoms with Crippen LogP contribution in [0.25, 0.3) is 0 Å². The summed E-state index contributed by atoms with van der Waals surface area (Å²) in [5.74, 6) is 0.611. The molecule has 5 nitrogen and oxygen atoms in total. The Kier molecular flexibility index (Phi) is 5.62. The molecule has 2 aliphatic rings. The molecular weight excluding hydrogens is 350 g/mol. The molecule has 28 heavy (non-hydrogen) atoms. The van der Waals surface area contributed by atoms with Gasteiger partial charge in [-0.3, -0.25) is 14.7 Å². The fourth-order valence-electron chi connectivity index (χ4n) is 4.79. The molecule has 0 aliphatic carbocycles. The van der Waals surface area contributed by atoms with E-state index in [4.69, 9.17) is 0 Å². The quantitative estimate of drug-likeness (QED) is 0.867. The summed E-state index contributed by atoms with van der Waals surface area (Å²) >= 11 is 0. The number of phenolic OH excluding ortho intramolecular Hbond substituents is 1. The fourth-order valence-corrected chi connectivity index (χ4v) is 4.79. The van der Waals surface area contributed by atoms with Gasteiger partial charge in [0.15, 0.2) is 0 Å². The van der Waals surface area contributed by atoms with Crippen molar-refractivity contribution < 1.29 is 9.90 Å². The molecule has 1 spiro atoms. The predicted octanol–water partition coefficient (Wildman–Crippen LogP) is 3.23. The zero-order valence-electron chi connectivity index (χ0n) is 16.4. The van der Waals surface area contributed by atoms with E-state index >= 15 is 0 Å². The highest BCUT2D eigenvalue weighted by Gasteiger charge is 2.41. The SMILES string of the molecule is O=C1CC[C@]2(CCCN(Cc3cccc(O)c3)C2)CN1CCc1ccccn1. The van der Waals surface area contributed by atoms with E-state index in [1.807, 2.05) is 36.5 Å². The number of phenols is 1. The van der Waals surface area contributed by atoms with Gasteiger partial charge in [-0.1, -0.05) is 18.2 Å². The van der Waals surface area contributed by atoms with Crippen LogP contribution in [0.3, 0.4) is 0 Å². The number of carbonyl (C=O) groups is 1. The second-order valence-corrected chi connectivity index (χ2v) is 8.37. The summed E-state index contributed by atoms with van der Waals surface area (Å²) in [5, 5.41) is 9.73. The first-order valence-electron chi connectivity index (χ1n) is 10.3. The van der Waals surface area contributed by atoms with Crippen molar-refractivity contribution >= 4 is 5.91 Å². The average molecular weight is 380 g/mol. The first-order valence-corrected chi connectivity index (χ1v) is 10.3. The second-order valence-electron chi connectivity index (χ2n) is 8.37. The van der Waals surface area contributed by atoms with Gasteiger partial charge in [0.05, 0.1) is 0 Å². The molecule has 2 aromatic rings. The van der Waals surface area contributed by atoms with Gasteiger partial charge in [0.25, 0.3) is 0 Å². The zero-order chi connectivity index (χ0) is 19.4. The van der Waals surface area contributed by atoms with Crippen LogP contribution < -0.4 is 0 Å². The summed E-state index contributed by atoms with van der Waals surface area (Å²) < 4.78 is 0. The second kappa shape index (κ2) is 8.31.